The van der Waals surface area contributed by atoms with E-state index >= 15 is 0 Å². The number of nitrogens with zero attached hydrogens (tertiary/aromatic N) is 1. The molecule has 1 aliphatic heterocycles. The molecule has 3 aromatic rings. The summed E-state index contributed by atoms with van der Waals surface area (Å²) in [6, 6.07) is 15.6. The van der Waals surface area contributed by atoms with Gasteiger partial charge in [-0.2, -0.15) is 0 Å². The Hall–Kier alpha value is -3.56. The fourth-order valence-electron chi connectivity index (χ4n) is 3.30. The van der Waals surface area contributed by atoms with Crippen molar-refractivity contribution in [2.75, 3.05) is 11.9 Å². The minimum absolute atomic E-state index is 0.0958. The van der Waals surface area contributed by atoms with Crippen LogP contribution in [-0.2, 0) is 14.8 Å². The van der Waals surface area contributed by atoms with E-state index in [1.165, 1.54) is 24.3 Å². The Labute approximate surface area is 166 Å². The van der Waals surface area contributed by atoms with Crippen LogP contribution in [0.3, 0.4) is 0 Å². The minimum atomic E-state index is -3.84. The van der Waals surface area contributed by atoms with Gasteiger partial charge in [0.15, 0.2) is 0 Å². The number of hydrogen-bond donors (Lipinski definition) is 2. The molecule has 1 aliphatic rings. The van der Waals surface area contributed by atoms with Crippen LogP contribution in [0.4, 0.5) is 5.69 Å². The Morgan fingerprint density at radius 1 is 0.897 bits per heavy atom. The maximum atomic E-state index is 12.8. The number of nitrogens with one attached hydrogen (secondary N) is 1. The van der Waals surface area contributed by atoms with Crippen LogP contribution in [0, 0.1) is 0 Å². The number of sulfonamides is 1. The molecule has 0 fully saturated rings. The zero-order valence-corrected chi connectivity index (χ0v) is 15.8. The third-order valence-corrected chi connectivity index (χ3v) is 5.55. The number of nitrogens with two attached hydrogens (primary N) is 1. The fraction of sp³-hybridized carbons (Fsp3) is 0.0500. The Kier molecular flexibility index (Phi) is 4.40. The summed E-state index contributed by atoms with van der Waals surface area (Å²) < 4.78 is 22.6. The number of imide groups is 1. The lowest BCUT2D eigenvalue weighted by molar-refractivity contribution is -0.116. The van der Waals surface area contributed by atoms with E-state index in [4.69, 9.17) is 5.14 Å². The first-order valence-electron chi connectivity index (χ1n) is 8.56. The second-order valence-corrected chi connectivity index (χ2v) is 8.08. The number of hydrogen-bond acceptors (Lipinski definition) is 5. The van der Waals surface area contributed by atoms with Crippen molar-refractivity contribution in [3.05, 3.63) is 71.8 Å². The number of benzene rings is 3. The summed E-state index contributed by atoms with van der Waals surface area (Å²) >= 11 is 0. The highest BCUT2D eigenvalue weighted by Crippen LogP contribution is 2.29. The molecule has 0 aliphatic carbocycles. The molecule has 0 radical (unpaired) electrons. The molecule has 0 saturated carbocycles. The molecule has 0 aromatic heterocycles. The molecule has 3 N–H and O–H groups in total. The van der Waals surface area contributed by atoms with Crippen molar-refractivity contribution in [1.29, 1.82) is 0 Å². The van der Waals surface area contributed by atoms with Crippen LogP contribution >= 0.6 is 0 Å². The normalized spacial score (nSPS) is 13.6. The Balaban J connectivity index is 1.56. The van der Waals surface area contributed by atoms with Crippen molar-refractivity contribution in [3.63, 3.8) is 0 Å². The van der Waals surface area contributed by atoms with Crippen LogP contribution in [0.15, 0.2) is 65.6 Å². The minimum Gasteiger partial charge on any atom is -0.325 e. The molecule has 8 nitrogen and oxygen atoms in total. The Morgan fingerprint density at radius 3 is 1.97 bits per heavy atom. The first-order chi connectivity index (χ1) is 13.8. The number of amides is 3. The van der Waals surface area contributed by atoms with Gasteiger partial charge in [0, 0.05) is 22.2 Å². The maximum absolute atomic E-state index is 12.8. The molecule has 146 valence electrons. The van der Waals surface area contributed by atoms with E-state index in [0.29, 0.717) is 22.2 Å². The van der Waals surface area contributed by atoms with Gasteiger partial charge in [-0.25, -0.2) is 13.6 Å². The average molecular weight is 409 g/mol. The molecule has 0 saturated heterocycles. The zero-order valence-electron chi connectivity index (χ0n) is 15.0. The monoisotopic (exact) mass is 409 g/mol. The second-order valence-electron chi connectivity index (χ2n) is 6.52. The summed E-state index contributed by atoms with van der Waals surface area (Å²) in [5.41, 5.74) is 1.04. The fourth-order valence-corrected chi connectivity index (χ4v) is 3.81. The molecule has 3 aromatic carbocycles. The van der Waals surface area contributed by atoms with E-state index in [0.717, 1.165) is 10.3 Å². The predicted molar refractivity (Wildman–Crippen MR) is 106 cm³/mol. The summed E-state index contributed by atoms with van der Waals surface area (Å²) in [6.45, 7) is -0.473. The molecule has 3 amide bonds. The highest BCUT2D eigenvalue weighted by atomic mass is 32.2. The maximum Gasteiger partial charge on any atom is 0.261 e. The van der Waals surface area contributed by atoms with Crippen LogP contribution in [0.1, 0.15) is 20.7 Å². The van der Waals surface area contributed by atoms with Gasteiger partial charge in [0.1, 0.15) is 6.54 Å². The molecule has 29 heavy (non-hydrogen) atoms. The molecule has 0 atom stereocenters. The lowest BCUT2D eigenvalue weighted by atomic mass is 9.94. The number of carbonyl (C=O) groups is 3. The molecule has 4 rings (SSSR count). The molecular formula is C20H15N3O5S. The van der Waals surface area contributed by atoms with Crippen molar-refractivity contribution in [2.45, 2.75) is 4.90 Å². The zero-order chi connectivity index (χ0) is 20.8. The van der Waals surface area contributed by atoms with Crippen molar-refractivity contribution < 1.29 is 22.8 Å². The van der Waals surface area contributed by atoms with Crippen molar-refractivity contribution >= 4 is 44.2 Å². The number of anilines is 1. The molecule has 0 bridgehead atoms. The van der Waals surface area contributed by atoms with Gasteiger partial charge in [0.2, 0.25) is 15.9 Å². The van der Waals surface area contributed by atoms with E-state index < -0.39 is 34.3 Å². The molecular weight excluding hydrogens is 394 g/mol. The molecule has 0 unspecified atom stereocenters. The third kappa shape index (κ3) is 3.37. The molecule has 1 heterocycles. The first kappa shape index (κ1) is 18.8. The standard InChI is InChI=1S/C20H15N3O5S/c21-29(27,28)14-9-7-13(8-10-14)22-17(24)11-23-19(25)15-5-1-3-12-4-2-6-16(18(12)15)20(23)26/h1-10H,11H2,(H,22,24)(H2,21,27,28). The smallest absolute Gasteiger partial charge is 0.261 e. The van der Waals surface area contributed by atoms with Gasteiger partial charge in [-0.1, -0.05) is 24.3 Å². The van der Waals surface area contributed by atoms with Gasteiger partial charge in [-0.05, 0) is 41.8 Å². The largest absolute Gasteiger partial charge is 0.325 e. The summed E-state index contributed by atoms with van der Waals surface area (Å²) in [4.78, 5) is 38.8. The van der Waals surface area contributed by atoms with E-state index in [9.17, 15) is 22.8 Å². The summed E-state index contributed by atoms with van der Waals surface area (Å²) in [5, 5.41) is 8.94. The van der Waals surface area contributed by atoms with Crippen LogP contribution in [0.2, 0.25) is 0 Å². The van der Waals surface area contributed by atoms with E-state index in [-0.39, 0.29) is 4.90 Å². The first-order valence-corrected chi connectivity index (χ1v) is 10.1. The average Bonchev–Trinajstić information content (AvgIpc) is 2.69. The lowest BCUT2D eigenvalue weighted by Crippen LogP contribution is -2.44. The molecule has 0 spiro atoms. The van der Waals surface area contributed by atoms with Gasteiger partial charge in [0.25, 0.3) is 11.8 Å². The van der Waals surface area contributed by atoms with E-state index in [1.54, 1.807) is 24.3 Å². The highest BCUT2D eigenvalue weighted by Gasteiger charge is 2.33. The summed E-state index contributed by atoms with van der Waals surface area (Å²) in [6.07, 6.45) is 0. The van der Waals surface area contributed by atoms with Crippen molar-refractivity contribution in [2.24, 2.45) is 5.14 Å². The van der Waals surface area contributed by atoms with Crippen molar-refractivity contribution in [3.8, 4) is 0 Å². The second kappa shape index (κ2) is 6.80. The topological polar surface area (TPSA) is 127 Å². The number of rotatable bonds is 4. The van der Waals surface area contributed by atoms with Crippen LogP contribution < -0.4 is 10.5 Å². The third-order valence-electron chi connectivity index (χ3n) is 4.62. The Bertz CT molecular complexity index is 1230. The van der Waals surface area contributed by atoms with Gasteiger partial charge < -0.3 is 5.32 Å². The van der Waals surface area contributed by atoms with E-state index in [1.807, 2.05) is 12.1 Å². The molecule has 9 heteroatoms. The number of primary sulfonamides is 1. The Morgan fingerprint density at radius 2 is 1.45 bits per heavy atom. The SMILES string of the molecule is NS(=O)(=O)c1ccc(NC(=O)CN2C(=O)c3cccc4cccc(c34)C2=O)cc1. The predicted octanol–water partition coefficient (Wildman–Crippen LogP) is 1.72. The quantitative estimate of drug-likeness (QED) is 0.635. The van der Waals surface area contributed by atoms with Gasteiger partial charge in [-0.15, -0.1) is 0 Å². The number of carbonyl (C=O) groups excluding carboxylic acids is 3. The van der Waals surface area contributed by atoms with Crippen LogP contribution in [-0.4, -0.2) is 37.6 Å². The van der Waals surface area contributed by atoms with E-state index in [2.05, 4.69) is 5.32 Å². The van der Waals surface area contributed by atoms with Gasteiger partial charge >= 0.3 is 0 Å². The summed E-state index contributed by atoms with van der Waals surface area (Å²) in [5.74, 6) is -1.68. The highest BCUT2D eigenvalue weighted by molar-refractivity contribution is 7.89. The van der Waals surface area contributed by atoms with Crippen molar-refractivity contribution in [1.82, 2.24) is 4.90 Å². The van der Waals surface area contributed by atoms with Gasteiger partial charge in [0.05, 0.1) is 4.90 Å². The van der Waals surface area contributed by atoms with Gasteiger partial charge in [-0.3, -0.25) is 19.3 Å². The lowest BCUT2D eigenvalue weighted by Gasteiger charge is -2.26. The van der Waals surface area contributed by atoms with Crippen LogP contribution in [0.25, 0.3) is 10.8 Å². The van der Waals surface area contributed by atoms with Crippen LogP contribution in [0.5, 0.6) is 0 Å². The summed E-state index contributed by atoms with van der Waals surface area (Å²) in [7, 11) is -3.84.